The van der Waals surface area contributed by atoms with Crippen molar-refractivity contribution < 1.29 is 4.79 Å². The van der Waals surface area contributed by atoms with E-state index in [4.69, 9.17) is 11.6 Å². The Kier molecular flexibility index (Phi) is 5.33. The maximum absolute atomic E-state index is 11.6. The van der Waals surface area contributed by atoms with Crippen LogP contribution in [0.4, 0.5) is 0 Å². The summed E-state index contributed by atoms with van der Waals surface area (Å²) in [5, 5.41) is 2.48. The van der Waals surface area contributed by atoms with Crippen LogP contribution in [0.2, 0.25) is 0 Å². The molecule has 0 saturated carbocycles. The lowest BCUT2D eigenvalue weighted by atomic mass is 10.0. The first kappa shape index (κ1) is 13.0. The zero-order chi connectivity index (χ0) is 12.0. The topological polar surface area (TPSA) is 29.1 Å². The second kappa shape index (κ2) is 6.54. The van der Waals surface area contributed by atoms with Crippen LogP contribution in [0.15, 0.2) is 30.3 Å². The first-order valence-electron chi connectivity index (χ1n) is 5.64. The van der Waals surface area contributed by atoms with Crippen LogP contribution in [-0.4, -0.2) is 11.3 Å². The number of benzene rings is 1. The summed E-state index contributed by atoms with van der Waals surface area (Å²) in [5.74, 6) is -0.107. The standard InChI is InChI=1S/C13H18ClNO/c1-3-7-12(15-13(16)10(2)14)11-8-5-4-6-9-11/h4-6,8-10,12H,3,7H2,1-2H3,(H,15,16)/t10-,12-/m0/s1. The van der Waals surface area contributed by atoms with Crippen molar-refractivity contribution in [2.75, 3.05) is 0 Å². The summed E-state index contributed by atoms with van der Waals surface area (Å²) in [4.78, 5) is 11.6. The molecule has 3 heteroatoms. The maximum Gasteiger partial charge on any atom is 0.238 e. The summed E-state index contributed by atoms with van der Waals surface area (Å²) in [6, 6.07) is 10.1. The minimum absolute atomic E-state index is 0.0694. The molecule has 1 aromatic rings. The average Bonchev–Trinajstić information content (AvgIpc) is 2.29. The molecule has 0 spiro atoms. The lowest BCUT2D eigenvalue weighted by molar-refractivity contribution is -0.121. The zero-order valence-corrected chi connectivity index (χ0v) is 10.5. The number of carbonyl (C=O) groups is 1. The third kappa shape index (κ3) is 3.86. The number of hydrogen-bond donors (Lipinski definition) is 1. The van der Waals surface area contributed by atoms with Gasteiger partial charge in [-0.15, -0.1) is 11.6 Å². The quantitative estimate of drug-likeness (QED) is 0.785. The van der Waals surface area contributed by atoms with E-state index in [0.29, 0.717) is 0 Å². The molecule has 0 saturated heterocycles. The van der Waals surface area contributed by atoms with E-state index in [9.17, 15) is 4.79 Å². The first-order chi connectivity index (χ1) is 7.65. The number of rotatable bonds is 5. The van der Waals surface area contributed by atoms with Gasteiger partial charge in [-0.2, -0.15) is 0 Å². The average molecular weight is 240 g/mol. The van der Waals surface area contributed by atoms with E-state index in [1.807, 2.05) is 30.3 Å². The fraction of sp³-hybridized carbons (Fsp3) is 0.462. The molecule has 0 unspecified atom stereocenters. The molecular weight excluding hydrogens is 222 g/mol. The Balaban J connectivity index is 2.72. The van der Waals surface area contributed by atoms with Gasteiger partial charge in [0, 0.05) is 0 Å². The van der Waals surface area contributed by atoms with Gasteiger partial charge in [0.25, 0.3) is 0 Å². The smallest absolute Gasteiger partial charge is 0.238 e. The first-order valence-corrected chi connectivity index (χ1v) is 6.08. The van der Waals surface area contributed by atoms with Gasteiger partial charge in [-0.3, -0.25) is 4.79 Å². The fourth-order valence-corrected chi connectivity index (χ4v) is 1.65. The fourth-order valence-electron chi connectivity index (χ4n) is 1.58. The van der Waals surface area contributed by atoms with Crippen molar-refractivity contribution in [2.24, 2.45) is 0 Å². The van der Waals surface area contributed by atoms with E-state index in [1.165, 1.54) is 0 Å². The highest BCUT2D eigenvalue weighted by Crippen LogP contribution is 2.18. The van der Waals surface area contributed by atoms with Crippen LogP contribution in [0.1, 0.15) is 38.3 Å². The lowest BCUT2D eigenvalue weighted by Crippen LogP contribution is -2.33. The largest absolute Gasteiger partial charge is 0.348 e. The van der Waals surface area contributed by atoms with Crippen molar-refractivity contribution >= 4 is 17.5 Å². The van der Waals surface area contributed by atoms with Gasteiger partial charge in [0.2, 0.25) is 5.91 Å². The van der Waals surface area contributed by atoms with Gasteiger partial charge in [-0.05, 0) is 18.9 Å². The molecule has 1 amide bonds. The van der Waals surface area contributed by atoms with Crippen molar-refractivity contribution in [1.29, 1.82) is 0 Å². The number of hydrogen-bond acceptors (Lipinski definition) is 1. The van der Waals surface area contributed by atoms with E-state index in [-0.39, 0.29) is 11.9 Å². The van der Waals surface area contributed by atoms with Crippen molar-refractivity contribution in [1.82, 2.24) is 5.32 Å². The van der Waals surface area contributed by atoms with E-state index < -0.39 is 5.38 Å². The number of amides is 1. The Morgan fingerprint density at radius 1 is 1.38 bits per heavy atom. The molecule has 1 aromatic carbocycles. The molecule has 0 fully saturated rings. The Hall–Kier alpha value is -1.02. The van der Waals surface area contributed by atoms with Crippen LogP contribution < -0.4 is 5.32 Å². The minimum Gasteiger partial charge on any atom is -0.348 e. The number of carbonyl (C=O) groups excluding carboxylic acids is 1. The van der Waals surface area contributed by atoms with Crippen molar-refractivity contribution in [3.8, 4) is 0 Å². The van der Waals surface area contributed by atoms with Gasteiger partial charge in [-0.1, -0.05) is 43.7 Å². The Labute approximate surface area is 102 Å². The van der Waals surface area contributed by atoms with Crippen LogP contribution in [0.25, 0.3) is 0 Å². The molecule has 2 nitrogen and oxygen atoms in total. The number of alkyl halides is 1. The van der Waals surface area contributed by atoms with E-state index >= 15 is 0 Å². The summed E-state index contributed by atoms with van der Waals surface area (Å²) in [6.07, 6.45) is 1.95. The molecule has 0 bridgehead atoms. The van der Waals surface area contributed by atoms with Crippen molar-refractivity contribution in [3.63, 3.8) is 0 Å². The number of halogens is 1. The van der Waals surface area contributed by atoms with Gasteiger partial charge in [0.15, 0.2) is 0 Å². The normalized spacial score (nSPS) is 14.2. The highest BCUT2D eigenvalue weighted by molar-refractivity contribution is 6.30. The molecule has 0 aliphatic heterocycles. The summed E-state index contributed by atoms with van der Waals surface area (Å²) in [5.41, 5.74) is 1.13. The summed E-state index contributed by atoms with van der Waals surface area (Å²) in [7, 11) is 0. The summed E-state index contributed by atoms with van der Waals surface area (Å²) < 4.78 is 0. The van der Waals surface area contributed by atoms with Gasteiger partial charge in [-0.25, -0.2) is 0 Å². The maximum atomic E-state index is 11.6. The van der Waals surface area contributed by atoms with Gasteiger partial charge in [0.05, 0.1) is 6.04 Å². The Morgan fingerprint density at radius 2 is 2.00 bits per heavy atom. The molecule has 0 aromatic heterocycles. The lowest BCUT2D eigenvalue weighted by Gasteiger charge is -2.19. The molecule has 1 rings (SSSR count). The zero-order valence-electron chi connectivity index (χ0n) is 9.74. The molecule has 16 heavy (non-hydrogen) atoms. The molecule has 88 valence electrons. The third-order valence-electron chi connectivity index (χ3n) is 2.46. The van der Waals surface area contributed by atoms with Crippen LogP contribution in [0.3, 0.4) is 0 Å². The SMILES string of the molecule is CCC[C@H](NC(=O)[C@H](C)Cl)c1ccccc1. The molecular formula is C13H18ClNO. The van der Waals surface area contributed by atoms with E-state index in [1.54, 1.807) is 6.92 Å². The van der Waals surface area contributed by atoms with E-state index in [0.717, 1.165) is 18.4 Å². The highest BCUT2D eigenvalue weighted by atomic mass is 35.5. The molecule has 0 aliphatic rings. The monoisotopic (exact) mass is 239 g/mol. The van der Waals surface area contributed by atoms with Crippen LogP contribution in [0.5, 0.6) is 0 Å². The Morgan fingerprint density at radius 3 is 2.50 bits per heavy atom. The Bertz CT molecular complexity index is 324. The van der Waals surface area contributed by atoms with Gasteiger partial charge >= 0.3 is 0 Å². The summed E-state index contributed by atoms with van der Waals surface area (Å²) in [6.45, 7) is 3.79. The molecule has 1 N–H and O–H groups in total. The molecule has 0 aliphatic carbocycles. The minimum atomic E-state index is -0.483. The highest BCUT2D eigenvalue weighted by Gasteiger charge is 2.16. The second-order valence-electron chi connectivity index (χ2n) is 3.88. The van der Waals surface area contributed by atoms with Gasteiger partial charge in [0.1, 0.15) is 5.38 Å². The van der Waals surface area contributed by atoms with Gasteiger partial charge < -0.3 is 5.32 Å². The third-order valence-corrected chi connectivity index (χ3v) is 2.66. The molecule has 0 heterocycles. The van der Waals surface area contributed by atoms with Crippen molar-refractivity contribution in [2.45, 2.75) is 38.1 Å². The second-order valence-corrected chi connectivity index (χ2v) is 4.53. The predicted octanol–water partition coefficient (Wildman–Crippen LogP) is 3.27. The van der Waals surface area contributed by atoms with E-state index in [2.05, 4.69) is 12.2 Å². The van der Waals surface area contributed by atoms with Crippen molar-refractivity contribution in [3.05, 3.63) is 35.9 Å². The van der Waals surface area contributed by atoms with Crippen LogP contribution in [-0.2, 0) is 4.79 Å². The predicted molar refractivity (Wildman–Crippen MR) is 67.5 cm³/mol. The van der Waals surface area contributed by atoms with Crippen LogP contribution >= 0.6 is 11.6 Å². The van der Waals surface area contributed by atoms with Crippen LogP contribution in [0, 0.1) is 0 Å². The molecule has 2 atom stereocenters. The number of nitrogens with one attached hydrogen (secondary N) is 1. The summed E-state index contributed by atoms with van der Waals surface area (Å²) >= 11 is 5.75. The molecule has 0 radical (unpaired) electrons.